The molecule has 1 aromatic carbocycles. The van der Waals surface area contributed by atoms with Crippen molar-refractivity contribution in [2.75, 3.05) is 0 Å². The summed E-state index contributed by atoms with van der Waals surface area (Å²) in [5.74, 6) is 0. The summed E-state index contributed by atoms with van der Waals surface area (Å²) in [6.07, 6.45) is -0.0760. The van der Waals surface area contributed by atoms with E-state index in [0.29, 0.717) is 11.4 Å². The topological polar surface area (TPSA) is 33.1 Å². The highest BCUT2D eigenvalue weighted by Crippen LogP contribution is 2.24. The average molecular weight is 254 g/mol. The van der Waals surface area contributed by atoms with Gasteiger partial charge >= 0.3 is 0 Å². The van der Waals surface area contributed by atoms with Crippen molar-refractivity contribution >= 4 is 22.9 Å². The summed E-state index contributed by atoms with van der Waals surface area (Å²) < 4.78 is 0. The maximum Gasteiger partial charge on any atom is 0.101 e. The summed E-state index contributed by atoms with van der Waals surface area (Å²) in [5.41, 5.74) is 1.67. The molecular formula is C12H12ClNOS. The Kier molecular flexibility index (Phi) is 3.59. The third-order valence-electron chi connectivity index (χ3n) is 2.35. The van der Waals surface area contributed by atoms with Crippen LogP contribution in [0.3, 0.4) is 0 Å². The van der Waals surface area contributed by atoms with Crippen molar-refractivity contribution in [1.29, 1.82) is 0 Å². The van der Waals surface area contributed by atoms with Crippen LogP contribution in [0.1, 0.15) is 22.4 Å². The molecule has 0 bridgehead atoms. The predicted octanol–water partition coefficient (Wildman–Crippen LogP) is 3.38. The molecule has 0 amide bonds. The molecule has 0 aliphatic heterocycles. The zero-order valence-electron chi connectivity index (χ0n) is 8.85. The zero-order valence-corrected chi connectivity index (χ0v) is 10.4. The molecule has 1 aromatic heterocycles. The van der Waals surface area contributed by atoms with Crippen LogP contribution in [0.5, 0.6) is 0 Å². The number of halogens is 1. The van der Waals surface area contributed by atoms with Crippen LogP contribution in [0.4, 0.5) is 0 Å². The van der Waals surface area contributed by atoms with Gasteiger partial charge in [-0.1, -0.05) is 29.8 Å². The minimum atomic E-state index is -0.579. The van der Waals surface area contributed by atoms with Gasteiger partial charge in [-0.05, 0) is 18.6 Å². The summed E-state index contributed by atoms with van der Waals surface area (Å²) >= 11 is 7.58. The van der Waals surface area contributed by atoms with E-state index in [1.54, 1.807) is 11.3 Å². The fourth-order valence-corrected chi connectivity index (χ4v) is 2.38. The minimum absolute atomic E-state index is 0.503. The van der Waals surface area contributed by atoms with Gasteiger partial charge < -0.3 is 5.11 Å². The molecule has 0 saturated carbocycles. The minimum Gasteiger partial charge on any atom is -0.386 e. The van der Waals surface area contributed by atoms with Gasteiger partial charge in [0.1, 0.15) is 6.10 Å². The highest BCUT2D eigenvalue weighted by atomic mass is 35.5. The Labute approximate surface area is 104 Å². The third kappa shape index (κ3) is 2.61. The van der Waals surface area contributed by atoms with E-state index in [1.807, 2.05) is 36.6 Å². The van der Waals surface area contributed by atoms with Gasteiger partial charge in [-0.25, -0.2) is 4.98 Å². The normalized spacial score (nSPS) is 12.7. The number of aryl methyl sites for hydroxylation is 1. The molecule has 0 saturated heterocycles. The van der Waals surface area contributed by atoms with Crippen LogP contribution in [0, 0.1) is 6.92 Å². The van der Waals surface area contributed by atoms with E-state index in [-0.39, 0.29) is 0 Å². The molecule has 0 fully saturated rings. The summed E-state index contributed by atoms with van der Waals surface area (Å²) in [6, 6.07) is 7.55. The monoisotopic (exact) mass is 253 g/mol. The zero-order chi connectivity index (χ0) is 11.5. The van der Waals surface area contributed by atoms with Crippen LogP contribution in [-0.2, 0) is 6.42 Å². The van der Waals surface area contributed by atoms with Crippen molar-refractivity contribution in [2.45, 2.75) is 19.4 Å². The lowest BCUT2D eigenvalue weighted by Gasteiger charge is -2.09. The molecule has 0 spiro atoms. The molecule has 2 rings (SSSR count). The quantitative estimate of drug-likeness (QED) is 0.910. The number of benzene rings is 1. The van der Waals surface area contributed by atoms with Gasteiger partial charge in [0.15, 0.2) is 0 Å². The molecule has 0 aliphatic rings. The van der Waals surface area contributed by atoms with E-state index < -0.39 is 6.10 Å². The maximum absolute atomic E-state index is 10.00. The van der Waals surface area contributed by atoms with Gasteiger partial charge in [0.25, 0.3) is 0 Å². The van der Waals surface area contributed by atoms with Gasteiger partial charge in [-0.2, -0.15) is 0 Å². The van der Waals surface area contributed by atoms with Crippen molar-refractivity contribution in [3.05, 3.63) is 50.9 Å². The van der Waals surface area contributed by atoms with Crippen LogP contribution < -0.4 is 0 Å². The number of aliphatic hydroxyl groups is 1. The Hall–Kier alpha value is -0.900. The number of nitrogens with zero attached hydrogens (tertiary/aromatic N) is 1. The van der Waals surface area contributed by atoms with E-state index >= 15 is 0 Å². The molecule has 84 valence electrons. The highest BCUT2D eigenvalue weighted by molar-refractivity contribution is 7.09. The van der Waals surface area contributed by atoms with Gasteiger partial charge in [-0.15, -0.1) is 11.3 Å². The van der Waals surface area contributed by atoms with Crippen molar-refractivity contribution in [3.63, 3.8) is 0 Å². The molecule has 16 heavy (non-hydrogen) atoms. The number of thiazole rings is 1. The van der Waals surface area contributed by atoms with E-state index in [4.69, 9.17) is 11.6 Å². The van der Waals surface area contributed by atoms with E-state index in [2.05, 4.69) is 4.98 Å². The van der Waals surface area contributed by atoms with Crippen molar-refractivity contribution in [3.8, 4) is 0 Å². The molecule has 1 heterocycles. The molecule has 2 aromatic rings. The first-order valence-electron chi connectivity index (χ1n) is 5.00. The average Bonchev–Trinajstić information content (AvgIpc) is 2.68. The molecule has 0 aliphatic carbocycles. The van der Waals surface area contributed by atoms with Crippen LogP contribution in [-0.4, -0.2) is 10.1 Å². The van der Waals surface area contributed by atoms with Crippen LogP contribution in [0.15, 0.2) is 29.6 Å². The van der Waals surface area contributed by atoms with Gasteiger partial charge in [0.05, 0.1) is 10.7 Å². The Morgan fingerprint density at radius 2 is 2.19 bits per heavy atom. The predicted molar refractivity (Wildman–Crippen MR) is 67.0 cm³/mol. The van der Waals surface area contributed by atoms with E-state index in [1.165, 1.54) is 0 Å². The smallest absolute Gasteiger partial charge is 0.101 e. The van der Waals surface area contributed by atoms with Gasteiger partial charge in [-0.3, -0.25) is 0 Å². The third-order valence-corrected chi connectivity index (χ3v) is 3.51. The van der Waals surface area contributed by atoms with E-state index in [0.717, 1.165) is 16.3 Å². The van der Waals surface area contributed by atoms with Crippen LogP contribution in [0.2, 0.25) is 5.02 Å². The summed E-state index contributed by atoms with van der Waals surface area (Å²) in [5, 5.41) is 13.5. The lowest BCUT2D eigenvalue weighted by Crippen LogP contribution is -2.02. The Morgan fingerprint density at radius 3 is 2.81 bits per heavy atom. The second-order valence-electron chi connectivity index (χ2n) is 3.60. The summed E-state index contributed by atoms with van der Waals surface area (Å²) in [4.78, 5) is 4.26. The van der Waals surface area contributed by atoms with Gasteiger partial charge in [0.2, 0.25) is 0 Å². The lowest BCUT2D eigenvalue weighted by molar-refractivity contribution is 0.174. The first-order valence-corrected chi connectivity index (χ1v) is 6.26. The molecule has 0 radical (unpaired) electrons. The Bertz CT molecular complexity index is 483. The lowest BCUT2D eigenvalue weighted by atomic mass is 10.1. The summed E-state index contributed by atoms with van der Waals surface area (Å²) in [7, 11) is 0. The molecule has 4 heteroatoms. The largest absolute Gasteiger partial charge is 0.386 e. The second-order valence-corrected chi connectivity index (χ2v) is 5.07. The second kappa shape index (κ2) is 4.95. The standard InChI is InChI=1S/C12H12ClNOS/c1-8-14-11(7-16-8)12(15)6-9-4-2-3-5-10(9)13/h2-5,7,12,15H,6H2,1H3. The SMILES string of the molecule is Cc1nc(C(O)Cc2ccccc2Cl)cs1. The fourth-order valence-electron chi connectivity index (χ4n) is 1.51. The maximum atomic E-state index is 10.00. The van der Waals surface area contributed by atoms with E-state index in [9.17, 15) is 5.11 Å². The highest BCUT2D eigenvalue weighted by Gasteiger charge is 2.13. The molecule has 1 N–H and O–H groups in total. The van der Waals surface area contributed by atoms with Crippen LogP contribution >= 0.6 is 22.9 Å². The van der Waals surface area contributed by atoms with Crippen molar-refractivity contribution in [2.24, 2.45) is 0 Å². The number of hydrogen-bond acceptors (Lipinski definition) is 3. The first kappa shape index (κ1) is 11.6. The van der Waals surface area contributed by atoms with Crippen LogP contribution in [0.25, 0.3) is 0 Å². The van der Waals surface area contributed by atoms with Crippen molar-refractivity contribution < 1.29 is 5.11 Å². The Balaban J connectivity index is 2.13. The molecular weight excluding hydrogens is 242 g/mol. The first-order chi connectivity index (χ1) is 7.66. The Morgan fingerprint density at radius 1 is 1.44 bits per heavy atom. The van der Waals surface area contributed by atoms with Crippen molar-refractivity contribution in [1.82, 2.24) is 4.98 Å². The summed E-state index contributed by atoms with van der Waals surface area (Å²) in [6.45, 7) is 1.93. The number of aromatic nitrogens is 1. The number of hydrogen-bond donors (Lipinski definition) is 1. The molecule has 1 atom stereocenters. The molecule has 1 unspecified atom stereocenters. The number of rotatable bonds is 3. The fraction of sp³-hybridized carbons (Fsp3) is 0.250. The van der Waals surface area contributed by atoms with Gasteiger partial charge in [0, 0.05) is 16.8 Å². The number of aliphatic hydroxyl groups excluding tert-OH is 1. The molecule has 2 nitrogen and oxygen atoms in total.